The third kappa shape index (κ3) is 3.84. The largest absolute Gasteiger partial charge is 0.368 e. The third-order valence-corrected chi connectivity index (χ3v) is 4.55. The van der Waals surface area contributed by atoms with Crippen LogP contribution in [0.4, 0.5) is 0 Å². The molecule has 1 aliphatic carbocycles. The number of imidazole rings is 1. The van der Waals surface area contributed by atoms with Gasteiger partial charge in [-0.05, 0) is 58.4 Å². The fourth-order valence-corrected chi connectivity index (χ4v) is 3.17. The molecule has 0 radical (unpaired) electrons. The minimum atomic E-state index is -0.580. The van der Waals surface area contributed by atoms with Crippen molar-refractivity contribution in [2.24, 2.45) is 5.73 Å². The standard InChI is InChI=1S/C16H28N4O/c1-3-19-16(2,15(17)21)10-6-7-11-20-12-18-13-8-4-5-9-14(13)20/h12,19H,3-11H2,1-2H3,(H2,17,21). The second kappa shape index (κ2) is 7.07. The Morgan fingerprint density at radius 3 is 2.90 bits per heavy atom. The Hall–Kier alpha value is -1.36. The van der Waals surface area contributed by atoms with Gasteiger partial charge in [-0.25, -0.2) is 4.98 Å². The zero-order valence-corrected chi connectivity index (χ0v) is 13.3. The minimum Gasteiger partial charge on any atom is -0.368 e. The Kier molecular flexibility index (Phi) is 5.39. The molecule has 3 N–H and O–H groups in total. The number of hydrogen-bond donors (Lipinski definition) is 2. The van der Waals surface area contributed by atoms with Crippen LogP contribution < -0.4 is 11.1 Å². The van der Waals surface area contributed by atoms with Gasteiger partial charge in [0.05, 0.1) is 17.6 Å². The highest BCUT2D eigenvalue weighted by Crippen LogP contribution is 2.21. The van der Waals surface area contributed by atoms with Crippen LogP contribution in [0.2, 0.25) is 0 Å². The molecule has 1 atom stereocenters. The number of fused-ring (bicyclic) bond motifs is 1. The number of unbranched alkanes of at least 4 members (excludes halogenated alkanes) is 1. The molecule has 1 unspecified atom stereocenters. The van der Waals surface area contributed by atoms with Crippen LogP contribution in [-0.2, 0) is 24.2 Å². The van der Waals surface area contributed by atoms with Gasteiger partial charge in [-0.15, -0.1) is 0 Å². The average molecular weight is 292 g/mol. The van der Waals surface area contributed by atoms with E-state index in [0.717, 1.165) is 45.2 Å². The molecule has 0 bridgehead atoms. The molecule has 21 heavy (non-hydrogen) atoms. The van der Waals surface area contributed by atoms with E-state index < -0.39 is 5.54 Å². The number of hydrogen-bond acceptors (Lipinski definition) is 3. The van der Waals surface area contributed by atoms with Gasteiger partial charge in [0, 0.05) is 12.2 Å². The van der Waals surface area contributed by atoms with Gasteiger partial charge in [0.25, 0.3) is 0 Å². The maximum Gasteiger partial charge on any atom is 0.237 e. The smallest absolute Gasteiger partial charge is 0.237 e. The SMILES string of the molecule is CCNC(C)(CCCCn1cnc2c1CCCC2)C(N)=O. The van der Waals surface area contributed by atoms with Crippen molar-refractivity contribution >= 4 is 5.91 Å². The van der Waals surface area contributed by atoms with Crippen LogP contribution in [0.5, 0.6) is 0 Å². The molecule has 5 heteroatoms. The highest BCUT2D eigenvalue weighted by Gasteiger charge is 2.28. The van der Waals surface area contributed by atoms with Crippen LogP contribution in [0.3, 0.4) is 0 Å². The molecule has 1 aromatic heterocycles. The number of nitrogens with zero attached hydrogens (tertiary/aromatic N) is 2. The van der Waals surface area contributed by atoms with Crippen molar-refractivity contribution in [3.05, 3.63) is 17.7 Å². The van der Waals surface area contributed by atoms with Gasteiger partial charge in [-0.1, -0.05) is 6.92 Å². The number of likely N-dealkylation sites (N-methyl/N-ethyl adjacent to an activating group) is 1. The molecule has 0 spiro atoms. The summed E-state index contributed by atoms with van der Waals surface area (Å²) in [5.41, 5.74) is 7.64. The average Bonchev–Trinajstić information content (AvgIpc) is 2.87. The number of aryl methyl sites for hydroxylation is 2. The Balaban J connectivity index is 1.82. The summed E-state index contributed by atoms with van der Waals surface area (Å²) in [5.74, 6) is -0.260. The summed E-state index contributed by atoms with van der Waals surface area (Å²) in [6.45, 7) is 5.65. The number of nitrogens with one attached hydrogen (secondary N) is 1. The van der Waals surface area contributed by atoms with Crippen LogP contribution in [0.25, 0.3) is 0 Å². The molecule has 5 nitrogen and oxygen atoms in total. The van der Waals surface area contributed by atoms with Gasteiger partial charge in [0.1, 0.15) is 0 Å². The van der Waals surface area contributed by atoms with E-state index in [4.69, 9.17) is 5.73 Å². The quantitative estimate of drug-likeness (QED) is 0.717. The van der Waals surface area contributed by atoms with Gasteiger partial charge >= 0.3 is 0 Å². The molecule has 0 aliphatic heterocycles. The van der Waals surface area contributed by atoms with Gasteiger partial charge in [-0.3, -0.25) is 4.79 Å². The first kappa shape index (κ1) is 16.0. The Morgan fingerprint density at radius 2 is 2.19 bits per heavy atom. The van der Waals surface area contributed by atoms with E-state index in [1.807, 2.05) is 20.2 Å². The van der Waals surface area contributed by atoms with Gasteiger partial charge in [0.15, 0.2) is 0 Å². The lowest BCUT2D eigenvalue weighted by molar-refractivity contribution is -0.124. The van der Waals surface area contributed by atoms with E-state index >= 15 is 0 Å². The number of primary amides is 1. The molecule has 0 saturated carbocycles. The molecule has 0 aromatic carbocycles. The Bertz CT molecular complexity index is 483. The van der Waals surface area contributed by atoms with Crippen LogP contribution in [0.15, 0.2) is 6.33 Å². The molecular formula is C16H28N4O. The van der Waals surface area contributed by atoms with Gasteiger partial charge < -0.3 is 15.6 Å². The molecule has 1 aliphatic rings. The maximum absolute atomic E-state index is 11.6. The summed E-state index contributed by atoms with van der Waals surface area (Å²) in [7, 11) is 0. The summed E-state index contributed by atoms with van der Waals surface area (Å²) in [6.07, 6.45) is 9.63. The van der Waals surface area contributed by atoms with Crippen LogP contribution in [0.1, 0.15) is 57.3 Å². The van der Waals surface area contributed by atoms with Crippen molar-refractivity contribution in [3.8, 4) is 0 Å². The monoisotopic (exact) mass is 292 g/mol. The lowest BCUT2D eigenvalue weighted by Gasteiger charge is -2.27. The van der Waals surface area contributed by atoms with E-state index in [2.05, 4.69) is 14.9 Å². The number of amides is 1. The molecule has 0 saturated heterocycles. The first-order valence-electron chi connectivity index (χ1n) is 8.14. The number of rotatable bonds is 8. The molecule has 2 rings (SSSR count). The van der Waals surface area contributed by atoms with Crippen molar-refractivity contribution < 1.29 is 4.79 Å². The van der Waals surface area contributed by atoms with Crippen molar-refractivity contribution in [1.29, 1.82) is 0 Å². The second-order valence-electron chi connectivity index (χ2n) is 6.22. The normalized spacial score (nSPS) is 17.2. The van der Waals surface area contributed by atoms with E-state index in [9.17, 15) is 4.79 Å². The third-order valence-electron chi connectivity index (χ3n) is 4.55. The van der Waals surface area contributed by atoms with Crippen LogP contribution in [0, 0.1) is 0 Å². The van der Waals surface area contributed by atoms with E-state index in [-0.39, 0.29) is 5.91 Å². The molecule has 1 aromatic rings. The first-order valence-corrected chi connectivity index (χ1v) is 8.14. The Labute approximate surface area is 127 Å². The fraction of sp³-hybridized carbons (Fsp3) is 0.750. The lowest BCUT2D eigenvalue weighted by Crippen LogP contribution is -2.52. The predicted octanol–water partition coefficient (Wildman–Crippen LogP) is 1.79. The number of nitrogens with two attached hydrogens (primary N) is 1. The highest BCUT2D eigenvalue weighted by atomic mass is 16.1. The fourth-order valence-electron chi connectivity index (χ4n) is 3.17. The topological polar surface area (TPSA) is 72.9 Å². The molecule has 1 amide bonds. The summed E-state index contributed by atoms with van der Waals surface area (Å²) in [6, 6.07) is 0. The predicted molar refractivity (Wildman–Crippen MR) is 84.0 cm³/mol. The first-order chi connectivity index (χ1) is 10.1. The van der Waals surface area contributed by atoms with E-state index in [1.54, 1.807) is 0 Å². The Morgan fingerprint density at radius 1 is 1.43 bits per heavy atom. The zero-order chi connectivity index (χ0) is 15.3. The number of carbonyl (C=O) groups is 1. The molecular weight excluding hydrogens is 264 g/mol. The lowest BCUT2D eigenvalue weighted by atomic mass is 9.94. The van der Waals surface area contributed by atoms with Crippen molar-refractivity contribution in [2.45, 2.75) is 70.9 Å². The maximum atomic E-state index is 11.6. The number of aromatic nitrogens is 2. The highest BCUT2D eigenvalue weighted by molar-refractivity contribution is 5.84. The van der Waals surface area contributed by atoms with Crippen molar-refractivity contribution in [2.75, 3.05) is 6.54 Å². The van der Waals surface area contributed by atoms with E-state index in [1.165, 1.54) is 24.2 Å². The summed E-state index contributed by atoms with van der Waals surface area (Å²) in [4.78, 5) is 16.1. The van der Waals surface area contributed by atoms with Crippen LogP contribution >= 0.6 is 0 Å². The molecule has 1 heterocycles. The second-order valence-corrected chi connectivity index (χ2v) is 6.22. The number of carbonyl (C=O) groups excluding carboxylic acids is 1. The molecule has 0 fully saturated rings. The minimum absolute atomic E-state index is 0.260. The molecule has 118 valence electrons. The van der Waals surface area contributed by atoms with Crippen molar-refractivity contribution in [3.63, 3.8) is 0 Å². The summed E-state index contributed by atoms with van der Waals surface area (Å²) >= 11 is 0. The van der Waals surface area contributed by atoms with Gasteiger partial charge in [-0.2, -0.15) is 0 Å². The summed E-state index contributed by atoms with van der Waals surface area (Å²) < 4.78 is 2.29. The van der Waals surface area contributed by atoms with Gasteiger partial charge in [0.2, 0.25) is 5.91 Å². The zero-order valence-electron chi connectivity index (χ0n) is 13.3. The van der Waals surface area contributed by atoms with E-state index in [0.29, 0.717) is 0 Å². The van der Waals surface area contributed by atoms with Crippen molar-refractivity contribution in [1.82, 2.24) is 14.9 Å². The summed E-state index contributed by atoms with van der Waals surface area (Å²) in [5, 5.41) is 3.21. The van der Waals surface area contributed by atoms with Crippen LogP contribution in [-0.4, -0.2) is 27.5 Å².